The highest BCUT2D eigenvalue weighted by atomic mass is 16.3. The summed E-state index contributed by atoms with van der Waals surface area (Å²) in [5.41, 5.74) is 7.14. The molecule has 3 nitrogen and oxygen atoms in total. The molecule has 1 aromatic carbocycles. The topological polar surface area (TPSA) is 49.5 Å². The summed E-state index contributed by atoms with van der Waals surface area (Å²) < 4.78 is 0. The Morgan fingerprint density at radius 3 is 2.47 bits per heavy atom. The molecule has 106 valence electrons. The largest absolute Gasteiger partial charge is 0.395 e. The second kappa shape index (κ2) is 7.63. The molecule has 1 fully saturated rings. The van der Waals surface area contributed by atoms with Crippen LogP contribution in [0.3, 0.4) is 0 Å². The second-order valence-electron chi connectivity index (χ2n) is 5.40. The van der Waals surface area contributed by atoms with E-state index in [9.17, 15) is 5.11 Å². The van der Waals surface area contributed by atoms with Gasteiger partial charge >= 0.3 is 0 Å². The van der Waals surface area contributed by atoms with Gasteiger partial charge < -0.3 is 10.8 Å². The number of nitrogens with two attached hydrogens (primary N) is 1. The Hall–Kier alpha value is -0.900. The van der Waals surface area contributed by atoms with Crippen molar-refractivity contribution in [1.29, 1.82) is 0 Å². The van der Waals surface area contributed by atoms with Crippen LogP contribution in [0.25, 0.3) is 0 Å². The van der Waals surface area contributed by atoms with Crippen molar-refractivity contribution in [2.24, 2.45) is 5.73 Å². The molecule has 1 saturated carbocycles. The zero-order valence-electron chi connectivity index (χ0n) is 11.7. The maximum absolute atomic E-state index is 9.39. The van der Waals surface area contributed by atoms with Crippen LogP contribution in [0.5, 0.6) is 0 Å². The van der Waals surface area contributed by atoms with Crippen molar-refractivity contribution < 1.29 is 5.11 Å². The lowest BCUT2D eigenvalue weighted by Crippen LogP contribution is -2.39. The summed E-state index contributed by atoms with van der Waals surface area (Å²) >= 11 is 0. The number of hydrogen-bond acceptors (Lipinski definition) is 3. The third-order valence-corrected chi connectivity index (χ3v) is 4.18. The predicted octanol–water partition coefficient (Wildman–Crippen LogP) is 2.31. The van der Waals surface area contributed by atoms with Gasteiger partial charge in [-0.2, -0.15) is 0 Å². The minimum absolute atomic E-state index is 0.227. The average Bonchev–Trinajstić information content (AvgIpc) is 2.97. The summed E-state index contributed by atoms with van der Waals surface area (Å²) in [5.74, 6) is 0. The molecule has 1 atom stereocenters. The van der Waals surface area contributed by atoms with Crippen molar-refractivity contribution in [2.75, 3.05) is 19.7 Å². The maximum Gasteiger partial charge on any atom is 0.0558 e. The van der Waals surface area contributed by atoms with Crippen LogP contribution in [0.4, 0.5) is 0 Å². The van der Waals surface area contributed by atoms with Gasteiger partial charge in [0.25, 0.3) is 0 Å². The van der Waals surface area contributed by atoms with Gasteiger partial charge in [0.05, 0.1) is 6.61 Å². The fraction of sp³-hybridized carbons (Fsp3) is 0.625. The number of rotatable bonds is 7. The molecule has 0 saturated heterocycles. The molecule has 1 aliphatic carbocycles. The van der Waals surface area contributed by atoms with E-state index in [2.05, 4.69) is 35.2 Å². The van der Waals surface area contributed by atoms with E-state index in [0.29, 0.717) is 18.6 Å². The molecule has 0 bridgehead atoms. The zero-order chi connectivity index (χ0) is 13.5. The summed E-state index contributed by atoms with van der Waals surface area (Å²) in [6.07, 6.45) is 6.11. The molecule has 0 aromatic heterocycles. The van der Waals surface area contributed by atoms with E-state index < -0.39 is 0 Å². The van der Waals surface area contributed by atoms with Crippen LogP contribution >= 0.6 is 0 Å². The van der Waals surface area contributed by atoms with Gasteiger partial charge in [0.15, 0.2) is 0 Å². The highest BCUT2D eigenvalue weighted by Gasteiger charge is 2.28. The monoisotopic (exact) mass is 262 g/mol. The maximum atomic E-state index is 9.39. The predicted molar refractivity (Wildman–Crippen MR) is 78.9 cm³/mol. The molecule has 0 amide bonds. The van der Waals surface area contributed by atoms with Crippen LogP contribution in [0.15, 0.2) is 30.3 Å². The molecule has 1 aromatic rings. The summed E-state index contributed by atoms with van der Waals surface area (Å²) in [6.45, 7) is 1.67. The molecule has 0 spiro atoms. The fourth-order valence-electron chi connectivity index (χ4n) is 3.30. The van der Waals surface area contributed by atoms with E-state index in [1.54, 1.807) is 0 Å². The third-order valence-electron chi connectivity index (χ3n) is 4.18. The van der Waals surface area contributed by atoms with E-state index >= 15 is 0 Å². The standard InChI is InChI=1S/C16H26N2O/c17-11-10-16(14-6-2-1-3-7-14)18(12-13-19)15-8-4-5-9-15/h1-3,6-7,15-16,19H,4-5,8-13,17H2. The first-order valence-electron chi connectivity index (χ1n) is 7.48. The van der Waals surface area contributed by atoms with Crippen molar-refractivity contribution in [3.63, 3.8) is 0 Å². The van der Waals surface area contributed by atoms with Crippen molar-refractivity contribution in [1.82, 2.24) is 4.90 Å². The quantitative estimate of drug-likeness (QED) is 0.793. The Kier molecular flexibility index (Phi) is 5.83. The lowest BCUT2D eigenvalue weighted by atomic mass is 9.99. The van der Waals surface area contributed by atoms with E-state index in [0.717, 1.165) is 13.0 Å². The smallest absolute Gasteiger partial charge is 0.0558 e. The summed E-state index contributed by atoms with van der Waals surface area (Å²) in [7, 11) is 0. The number of nitrogens with zero attached hydrogens (tertiary/aromatic N) is 1. The summed E-state index contributed by atoms with van der Waals surface area (Å²) in [6, 6.07) is 11.6. The molecule has 1 unspecified atom stereocenters. The van der Waals surface area contributed by atoms with Crippen molar-refractivity contribution >= 4 is 0 Å². The van der Waals surface area contributed by atoms with Gasteiger partial charge in [-0.25, -0.2) is 0 Å². The number of hydrogen-bond donors (Lipinski definition) is 2. The second-order valence-corrected chi connectivity index (χ2v) is 5.40. The van der Waals surface area contributed by atoms with Crippen LogP contribution in [-0.2, 0) is 0 Å². The zero-order valence-corrected chi connectivity index (χ0v) is 11.7. The minimum atomic E-state index is 0.227. The van der Waals surface area contributed by atoms with Crippen LogP contribution < -0.4 is 5.73 Å². The highest BCUT2D eigenvalue weighted by Crippen LogP contribution is 2.32. The normalized spacial score (nSPS) is 18.1. The van der Waals surface area contributed by atoms with Gasteiger partial charge in [-0.05, 0) is 31.4 Å². The van der Waals surface area contributed by atoms with Gasteiger partial charge in [-0.1, -0.05) is 43.2 Å². The first kappa shape index (κ1) is 14.5. The number of aliphatic hydroxyl groups is 1. The molecular weight excluding hydrogens is 236 g/mol. The summed E-state index contributed by atoms with van der Waals surface area (Å²) in [5, 5.41) is 9.39. The lowest BCUT2D eigenvalue weighted by molar-refractivity contribution is 0.0997. The average molecular weight is 262 g/mol. The van der Waals surface area contributed by atoms with E-state index in [4.69, 9.17) is 5.73 Å². The van der Waals surface area contributed by atoms with E-state index in [1.807, 2.05) is 0 Å². The minimum Gasteiger partial charge on any atom is -0.395 e. The van der Waals surface area contributed by atoms with Gasteiger partial charge in [-0.3, -0.25) is 4.90 Å². The Morgan fingerprint density at radius 2 is 1.89 bits per heavy atom. The van der Waals surface area contributed by atoms with E-state index in [1.165, 1.54) is 31.2 Å². The van der Waals surface area contributed by atoms with Crippen molar-refractivity contribution in [3.05, 3.63) is 35.9 Å². The lowest BCUT2D eigenvalue weighted by Gasteiger charge is -2.36. The van der Waals surface area contributed by atoms with Gasteiger partial charge in [-0.15, -0.1) is 0 Å². The molecule has 0 aliphatic heterocycles. The third kappa shape index (κ3) is 3.78. The molecular formula is C16H26N2O. The van der Waals surface area contributed by atoms with E-state index in [-0.39, 0.29) is 6.61 Å². The first-order valence-corrected chi connectivity index (χ1v) is 7.48. The fourth-order valence-corrected chi connectivity index (χ4v) is 3.30. The van der Waals surface area contributed by atoms with Gasteiger partial charge in [0.2, 0.25) is 0 Å². The number of aliphatic hydroxyl groups excluding tert-OH is 1. The molecule has 19 heavy (non-hydrogen) atoms. The van der Waals surface area contributed by atoms with Crippen molar-refractivity contribution in [3.8, 4) is 0 Å². The molecule has 0 heterocycles. The SMILES string of the molecule is NCCC(c1ccccc1)N(CCO)C1CCCC1. The van der Waals surface area contributed by atoms with Gasteiger partial charge in [0, 0.05) is 18.6 Å². The highest BCUT2D eigenvalue weighted by molar-refractivity contribution is 5.19. The van der Waals surface area contributed by atoms with Gasteiger partial charge in [0.1, 0.15) is 0 Å². The van der Waals surface area contributed by atoms with Crippen molar-refractivity contribution in [2.45, 2.75) is 44.2 Å². The number of benzene rings is 1. The molecule has 3 N–H and O–H groups in total. The van der Waals surface area contributed by atoms with Crippen LogP contribution in [0.2, 0.25) is 0 Å². The Balaban J connectivity index is 2.18. The molecule has 0 radical (unpaired) electrons. The molecule has 2 rings (SSSR count). The molecule has 1 aliphatic rings. The Labute approximate surface area is 116 Å². The van der Waals surface area contributed by atoms with Crippen LogP contribution in [0.1, 0.15) is 43.7 Å². The Morgan fingerprint density at radius 1 is 1.21 bits per heavy atom. The van der Waals surface area contributed by atoms with Crippen LogP contribution in [0, 0.1) is 0 Å². The Bertz CT molecular complexity index is 349. The molecule has 3 heteroatoms. The van der Waals surface area contributed by atoms with Crippen LogP contribution in [-0.4, -0.2) is 35.7 Å². The first-order chi connectivity index (χ1) is 9.36. The summed E-state index contributed by atoms with van der Waals surface area (Å²) in [4.78, 5) is 2.48.